The van der Waals surface area contributed by atoms with Crippen molar-refractivity contribution in [2.75, 3.05) is 38.0 Å². The zero-order chi connectivity index (χ0) is 20.9. The standard InChI is InChI=1S/C22H22Cl2N4OS/c23-18-5-1-16(2-6-18)13-27-9-11-28(12-10-27)14-21(29)26-22-25-20(15-30-22)17-3-7-19(24)8-4-17/h1-8,15H,9-14H2,(H,25,26,29). The van der Waals surface area contributed by atoms with E-state index in [0.29, 0.717) is 16.7 Å². The number of nitrogens with zero attached hydrogens (tertiary/aromatic N) is 3. The molecule has 4 rings (SSSR count). The zero-order valence-corrected chi connectivity index (χ0v) is 18.7. The number of thiazole rings is 1. The van der Waals surface area contributed by atoms with Crippen molar-refractivity contribution in [2.24, 2.45) is 0 Å². The van der Waals surface area contributed by atoms with Crippen LogP contribution < -0.4 is 5.32 Å². The van der Waals surface area contributed by atoms with Gasteiger partial charge in [-0.15, -0.1) is 11.3 Å². The number of halogens is 2. The molecule has 2 aromatic carbocycles. The third kappa shape index (κ3) is 5.80. The van der Waals surface area contributed by atoms with Crippen LogP contribution in [-0.2, 0) is 11.3 Å². The number of benzene rings is 2. The fraction of sp³-hybridized carbons (Fsp3) is 0.273. The number of anilines is 1. The van der Waals surface area contributed by atoms with Crippen molar-refractivity contribution in [3.63, 3.8) is 0 Å². The lowest BCUT2D eigenvalue weighted by molar-refractivity contribution is -0.117. The van der Waals surface area contributed by atoms with Gasteiger partial charge in [-0.05, 0) is 29.8 Å². The van der Waals surface area contributed by atoms with Crippen molar-refractivity contribution in [1.82, 2.24) is 14.8 Å². The van der Waals surface area contributed by atoms with E-state index in [0.717, 1.165) is 49.0 Å². The minimum Gasteiger partial charge on any atom is -0.301 e. The Morgan fingerprint density at radius 2 is 1.53 bits per heavy atom. The molecule has 0 radical (unpaired) electrons. The zero-order valence-electron chi connectivity index (χ0n) is 16.4. The topological polar surface area (TPSA) is 48.5 Å². The molecule has 0 spiro atoms. The molecule has 0 atom stereocenters. The Morgan fingerprint density at radius 3 is 2.20 bits per heavy atom. The van der Waals surface area contributed by atoms with Crippen LogP contribution >= 0.6 is 34.5 Å². The van der Waals surface area contributed by atoms with Crippen LogP contribution in [0.15, 0.2) is 53.9 Å². The van der Waals surface area contributed by atoms with Gasteiger partial charge in [0.2, 0.25) is 5.91 Å². The van der Waals surface area contributed by atoms with E-state index < -0.39 is 0 Å². The Kier molecular flexibility index (Phi) is 7.02. The van der Waals surface area contributed by atoms with Gasteiger partial charge in [-0.3, -0.25) is 14.6 Å². The Morgan fingerprint density at radius 1 is 0.933 bits per heavy atom. The predicted octanol–water partition coefficient (Wildman–Crippen LogP) is 4.87. The lowest BCUT2D eigenvalue weighted by atomic mass is 10.2. The van der Waals surface area contributed by atoms with Crippen molar-refractivity contribution in [3.8, 4) is 11.3 Å². The second-order valence-corrected chi connectivity index (χ2v) is 9.00. The van der Waals surface area contributed by atoms with Crippen LogP contribution in [0.3, 0.4) is 0 Å². The molecule has 1 saturated heterocycles. The summed E-state index contributed by atoms with van der Waals surface area (Å²) < 4.78 is 0. The van der Waals surface area contributed by atoms with Crippen LogP contribution in [0.4, 0.5) is 5.13 Å². The largest absolute Gasteiger partial charge is 0.301 e. The molecule has 8 heteroatoms. The number of carbonyl (C=O) groups is 1. The van der Waals surface area contributed by atoms with Crippen LogP contribution in [0.2, 0.25) is 10.0 Å². The molecular formula is C22H22Cl2N4OS. The summed E-state index contributed by atoms with van der Waals surface area (Å²) in [7, 11) is 0. The molecule has 0 saturated carbocycles. The highest BCUT2D eigenvalue weighted by atomic mass is 35.5. The fourth-order valence-electron chi connectivity index (χ4n) is 3.40. The lowest BCUT2D eigenvalue weighted by Gasteiger charge is -2.34. The first kappa shape index (κ1) is 21.3. The smallest absolute Gasteiger partial charge is 0.240 e. The van der Waals surface area contributed by atoms with Gasteiger partial charge in [-0.1, -0.05) is 47.5 Å². The number of amides is 1. The van der Waals surface area contributed by atoms with Gasteiger partial charge in [0.25, 0.3) is 0 Å². The van der Waals surface area contributed by atoms with Gasteiger partial charge in [-0.25, -0.2) is 4.98 Å². The number of piperazine rings is 1. The Labute approximate surface area is 190 Å². The van der Waals surface area contributed by atoms with Crippen molar-refractivity contribution < 1.29 is 4.79 Å². The van der Waals surface area contributed by atoms with E-state index in [1.165, 1.54) is 16.9 Å². The molecule has 156 valence electrons. The fourth-order valence-corrected chi connectivity index (χ4v) is 4.39. The molecular weight excluding hydrogens is 439 g/mol. The van der Waals surface area contributed by atoms with E-state index in [1.54, 1.807) is 0 Å². The van der Waals surface area contributed by atoms with Gasteiger partial charge in [-0.2, -0.15) is 0 Å². The van der Waals surface area contributed by atoms with Crippen molar-refractivity contribution in [1.29, 1.82) is 0 Å². The first-order valence-electron chi connectivity index (χ1n) is 9.76. The molecule has 1 aliphatic rings. The summed E-state index contributed by atoms with van der Waals surface area (Å²) in [6, 6.07) is 15.5. The third-order valence-corrected chi connectivity index (χ3v) is 6.30. The van der Waals surface area contributed by atoms with E-state index >= 15 is 0 Å². The van der Waals surface area contributed by atoms with Crippen LogP contribution in [-0.4, -0.2) is 53.4 Å². The maximum atomic E-state index is 12.4. The number of rotatable bonds is 6. The molecule has 3 aromatic rings. The van der Waals surface area contributed by atoms with Gasteiger partial charge in [0.05, 0.1) is 12.2 Å². The van der Waals surface area contributed by atoms with Gasteiger partial charge in [0.1, 0.15) is 0 Å². The molecule has 1 N–H and O–H groups in total. The van der Waals surface area contributed by atoms with Crippen molar-refractivity contribution >= 4 is 45.6 Å². The number of hydrogen-bond acceptors (Lipinski definition) is 5. The van der Waals surface area contributed by atoms with Crippen LogP contribution in [0.5, 0.6) is 0 Å². The average molecular weight is 461 g/mol. The summed E-state index contributed by atoms with van der Waals surface area (Å²) >= 11 is 13.3. The van der Waals surface area contributed by atoms with E-state index in [9.17, 15) is 4.79 Å². The first-order valence-corrected chi connectivity index (χ1v) is 11.4. The molecule has 30 heavy (non-hydrogen) atoms. The van der Waals surface area contributed by atoms with Crippen LogP contribution in [0.1, 0.15) is 5.56 Å². The Balaban J connectivity index is 1.23. The predicted molar refractivity (Wildman–Crippen MR) is 124 cm³/mol. The molecule has 1 aliphatic heterocycles. The Hall–Kier alpha value is -1.96. The second-order valence-electron chi connectivity index (χ2n) is 7.27. The van der Waals surface area contributed by atoms with Gasteiger partial charge in [0, 0.05) is 53.7 Å². The van der Waals surface area contributed by atoms with Crippen molar-refractivity contribution in [2.45, 2.75) is 6.54 Å². The van der Waals surface area contributed by atoms with Gasteiger partial charge < -0.3 is 5.32 Å². The molecule has 5 nitrogen and oxygen atoms in total. The minimum atomic E-state index is -0.0295. The maximum absolute atomic E-state index is 12.4. The summed E-state index contributed by atoms with van der Waals surface area (Å²) in [5.74, 6) is -0.0295. The number of hydrogen-bond donors (Lipinski definition) is 1. The summed E-state index contributed by atoms with van der Waals surface area (Å²) in [5, 5.41) is 6.93. The number of nitrogens with one attached hydrogen (secondary N) is 1. The van der Waals surface area contributed by atoms with Gasteiger partial charge >= 0.3 is 0 Å². The molecule has 0 bridgehead atoms. The molecule has 0 aliphatic carbocycles. The van der Waals surface area contributed by atoms with E-state index in [1.807, 2.05) is 41.8 Å². The molecule has 1 aromatic heterocycles. The monoisotopic (exact) mass is 460 g/mol. The first-order chi connectivity index (χ1) is 14.5. The van der Waals surface area contributed by atoms with Crippen LogP contribution in [0, 0.1) is 0 Å². The van der Waals surface area contributed by atoms with Gasteiger partial charge in [0.15, 0.2) is 5.13 Å². The Bertz CT molecular complexity index is 983. The minimum absolute atomic E-state index is 0.0295. The summed E-state index contributed by atoms with van der Waals surface area (Å²) in [6.07, 6.45) is 0. The third-order valence-electron chi connectivity index (χ3n) is 5.04. The molecule has 1 amide bonds. The van der Waals surface area contributed by atoms with Crippen LogP contribution in [0.25, 0.3) is 11.3 Å². The average Bonchev–Trinajstić information content (AvgIpc) is 3.20. The highest BCUT2D eigenvalue weighted by Gasteiger charge is 2.19. The summed E-state index contributed by atoms with van der Waals surface area (Å²) in [5.41, 5.74) is 3.07. The van der Waals surface area contributed by atoms with Crippen molar-refractivity contribution in [3.05, 3.63) is 69.5 Å². The SMILES string of the molecule is O=C(CN1CCN(Cc2ccc(Cl)cc2)CC1)Nc1nc(-c2ccc(Cl)cc2)cs1. The molecule has 2 heterocycles. The van der Waals surface area contributed by atoms with E-state index in [-0.39, 0.29) is 5.91 Å². The molecule has 0 unspecified atom stereocenters. The maximum Gasteiger partial charge on any atom is 0.240 e. The summed E-state index contributed by atoms with van der Waals surface area (Å²) in [4.78, 5) is 21.5. The normalized spacial score (nSPS) is 15.3. The van der Waals surface area contributed by atoms with E-state index in [2.05, 4.69) is 32.2 Å². The second kappa shape index (κ2) is 9.90. The van der Waals surface area contributed by atoms with E-state index in [4.69, 9.17) is 23.2 Å². The lowest BCUT2D eigenvalue weighted by Crippen LogP contribution is -2.48. The highest BCUT2D eigenvalue weighted by Crippen LogP contribution is 2.26. The molecule has 1 fully saturated rings. The number of carbonyl (C=O) groups excluding carboxylic acids is 1. The highest BCUT2D eigenvalue weighted by molar-refractivity contribution is 7.14. The number of aromatic nitrogens is 1. The quantitative estimate of drug-likeness (QED) is 0.569. The summed E-state index contributed by atoms with van der Waals surface area (Å²) in [6.45, 7) is 4.90.